The Kier molecular flexibility index (Phi) is 8.19. The molecular weight excluding hydrogens is 339 g/mol. The number of halogens is 3. The summed E-state index contributed by atoms with van der Waals surface area (Å²) in [6.45, 7) is 6.73. The molecule has 0 amide bonds. The molecule has 0 fully saturated rings. The second-order valence-electron chi connectivity index (χ2n) is 5.50. The SMILES string of the molecule is CCOC(=O)C(C(=O)OCC)[C@H](NS(=O)C(C)(C)C)C(F)(F)F. The first-order chi connectivity index (χ1) is 10.4. The Morgan fingerprint density at radius 2 is 1.43 bits per heavy atom. The van der Waals surface area contributed by atoms with Crippen molar-refractivity contribution in [2.45, 2.75) is 51.6 Å². The van der Waals surface area contributed by atoms with Gasteiger partial charge in [-0.3, -0.25) is 9.59 Å². The zero-order valence-corrected chi connectivity index (χ0v) is 14.5. The summed E-state index contributed by atoms with van der Waals surface area (Å²) in [6.07, 6.45) is -5.01. The summed E-state index contributed by atoms with van der Waals surface area (Å²) in [5.41, 5.74) is 0. The van der Waals surface area contributed by atoms with Crippen LogP contribution in [0.2, 0.25) is 0 Å². The van der Waals surface area contributed by atoms with E-state index in [4.69, 9.17) is 0 Å². The van der Waals surface area contributed by atoms with Crippen LogP contribution in [0.15, 0.2) is 0 Å². The monoisotopic (exact) mass is 361 g/mol. The molecule has 6 nitrogen and oxygen atoms in total. The lowest BCUT2D eigenvalue weighted by molar-refractivity contribution is -0.189. The molecule has 23 heavy (non-hydrogen) atoms. The lowest BCUT2D eigenvalue weighted by Gasteiger charge is -2.29. The number of carbonyl (C=O) groups excluding carboxylic acids is 2. The molecule has 0 aromatic heterocycles. The molecule has 0 saturated carbocycles. The summed E-state index contributed by atoms with van der Waals surface area (Å²) in [4.78, 5) is 23.6. The van der Waals surface area contributed by atoms with Crippen LogP contribution < -0.4 is 4.72 Å². The fourth-order valence-corrected chi connectivity index (χ4v) is 2.30. The van der Waals surface area contributed by atoms with Crippen molar-refractivity contribution < 1.29 is 36.4 Å². The van der Waals surface area contributed by atoms with Crippen LogP contribution in [0, 0.1) is 5.92 Å². The number of ether oxygens (including phenoxy) is 2. The number of hydrogen-bond acceptors (Lipinski definition) is 5. The third kappa shape index (κ3) is 6.86. The number of nitrogens with one attached hydrogen (secondary N) is 1. The van der Waals surface area contributed by atoms with Gasteiger partial charge in [0, 0.05) is 0 Å². The number of hydrogen-bond donors (Lipinski definition) is 1. The van der Waals surface area contributed by atoms with E-state index in [0.29, 0.717) is 0 Å². The second-order valence-corrected chi connectivity index (χ2v) is 7.50. The van der Waals surface area contributed by atoms with Gasteiger partial charge in [-0.1, -0.05) is 0 Å². The van der Waals surface area contributed by atoms with Gasteiger partial charge < -0.3 is 9.47 Å². The van der Waals surface area contributed by atoms with Crippen LogP contribution in [0.25, 0.3) is 0 Å². The first-order valence-corrected chi connectivity index (χ1v) is 8.09. The first-order valence-electron chi connectivity index (χ1n) is 6.94. The highest BCUT2D eigenvalue weighted by molar-refractivity contribution is 7.84. The fraction of sp³-hybridized carbons (Fsp3) is 0.846. The van der Waals surface area contributed by atoms with Crippen LogP contribution in [0.3, 0.4) is 0 Å². The topological polar surface area (TPSA) is 81.7 Å². The molecule has 2 atom stereocenters. The Labute approximate surface area is 135 Å². The third-order valence-electron chi connectivity index (χ3n) is 2.56. The smallest absolute Gasteiger partial charge is 0.406 e. The highest BCUT2D eigenvalue weighted by Gasteiger charge is 2.53. The van der Waals surface area contributed by atoms with Crippen LogP contribution in [0.5, 0.6) is 0 Å². The lowest BCUT2D eigenvalue weighted by atomic mass is 10.0. The Hall–Kier alpha value is -1.16. The number of esters is 2. The van der Waals surface area contributed by atoms with Crippen LogP contribution >= 0.6 is 0 Å². The molecule has 0 rings (SSSR count). The van der Waals surface area contributed by atoms with Gasteiger partial charge in [0.15, 0.2) is 5.92 Å². The van der Waals surface area contributed by atoms with Crippen LogP contribution in [0.4, 0.5) is 13.2 Å². The Morgan fingerprint density at radius 3 is 1.70 bits per heavy atom. The molecule has 0 bridgehead atoms. The molecule has 0 saturated heterocycles. The maximum Gasteiger partial charge on any atom is 0.406 e. The van der Waals surface area contributed by atoms with Gasteiger partial charge in [-0.05, 0) is 34.6 Å². The highest BCUT2D eigenvalue weighted by Crippen LogP contribution is 2.29. The zero-order valence-electron chi connectivity index (χ0n) is 13.7. The van der Waals surface area contributed by atoms with E-state index in [0.717, 1.165) is 0 Å². The van der Waals surface area contributed by atoms with Gasteiger partial charge in [0.1, 0.15) is 6.04 Å². The summed E-state index contributed by atoms with van der Waals surface area (Å²) in [5, 5.41) is 0. The predicted octanol–water partition coefficient (Wildman–Crippen LogP) is 1.71. The summed E-state index contributed by atoms with van der Waals surface area (Å²) >= 11 is 0. The molecule has 0 aromatic rings. The maximum absolute atomic E-state index is 13.3. The summed E-state index contributed by atoms with van der Waals surface area (Å²) in [6, 6.07) is -2.68. The molecule has 0 spiro atoms. The molecule has 0 heterocycles. The molecule has 0 aromatic carbocycles. The van der Waals surface area contributed by atoms with Gasteiger partial charge in [-0.15, -0.1) is 0 Å². The Bertz CT molecular complexity index is 430. The standard InChI is InChI=1S/C13H22F3NO5S/c1-6-21-10(18)8(11(19)22-7-2)9(13(14,15)16)17-23(20)12(3,4)5/h8-9,17H,6-7H2,1-5H3/t9-,23?/m0/s1. The van der Waals surface area contributed by atoms with E-state index in [1.807, 2.05) is 4.72 Å². The van der Waals surface area contributed by atoms with E-state index in [1.54, 1.807) is 0 Å². The van der Waals surface area contributed by atoms with E-state index in [2.05, 4.69) is 9.47 Å². The quantitative estimate of drug-likeness (QED) is 0.551. The maximum atomic E-state index is 13.3. The molecular formula is C13H22F3NO5S. The molecule has 0 aliphatic heterocycles. The van der Waals surface area contributed by atoms with E-state index < -0.39 is 45.8 Å². The molecule has 10 heteroatoms. The molecule has 0 aliphatic rings. The Morgan fingerprint density at radius 1 is 1.04 bits per heavy atom. The van der Waals surface area contributed by atoms with Gasteiger partial charge >= 0.3 is 18.1 Å². The number of alkyl halides is 3. The molecule has 0 aliphatic carbocycles. The van der Waals surface area contributed by atoms with Gasteiger partial charge in [-0.25, -0.2) is 8.93 Å². The summed E-state index contributed by atoms with van der Waals surface area (Å²) in [5.74, 6) is -5.06. The van der Waals surface area contributed by atoms with Gasteiger partial charge in [-0.2, -0.15) is 13.2 Å². The molecule has 136 valence electrons. The van der Waals surface area contributed by atoms with E-state index in [9.17, 15) is 27.0 Å². The minimum atomic E-state index is -5.01. The van der Waals surface area contributed by atoms with Crippen LogP contribution in [0.1, 0.15) is 34.6 Å². The zero-order chi connectivity index (χ0) is 18.4. The predicted molar refractivity (Wildman–Crippen MR) is 77.6 cm³/mol. The normalized spacial score (nSPS) is 15.2. The minimum absolute atomic E-state index is 0.207. The Balaban J connectivity index is 5.69. The summed E-state index contributed by atoms with van der Waals surface area (Å²) < 4.78 is 61.8. The van der Waals surface area contributed by atoms with Gasteiger partial charge in [0.25, 0.3) is 0 Å². The van der Waals surface area contributed by atoms with Gasteiger partial charge in [0.2, 0.25) is 0 Å². The molecule has 0 radical (unpaired) electrons. The molecule has 1 N–H and O–H groups in total. The van der Waals surface area contributed by atoms with Crippen LogP contribution in [-0.2, 0) is 30.0 Å². The van der Waals surface area contributed by atoms with Gasteiger partial charge in [0.05, 0.1) is 28.9 Å². The van der Waals surface area contributed by atoms with Crippen molar-refractivity contribution in [1.29, 1.82) is 0 Å². The van der Waals surface area contributed by atoms with Crippen molar-refractivity contribution in [2.75, 3.05) is 13.2 Å². The number of rotatable bonds is 7. The van der Waals surface area contributed by atoms with Crippen molar-refractivity contribution in [3.63, 3.8) is 0 Å². The number of carbonyl (C=O) groups is 2. The second kappa shape index (κ2) is 8.62. The van der Waals surface area contributed by atoms with E-state index in [-0.39, 0.29) is 13.2 Å². The molecule has 1 unspecified atom stereocenters. The fourth-order valence-electron chi connectivity index (χ4n) is 1.45. The largest absolute Gasteiger partial charge is 0.465 e. The van der Waals surface area contributed by atoms with Crippen LogP contribution in [-0.4, -0.2) is 46.3 Å². The van der Waals surface area contributed by atoms with E-state index in [1.165, 1.54) is 34.6 Å². The van der Waals surface area contributed by atoms with Crippen molar-refractivity contribution in [3.8, 4) is 0 Å². The summed E-state index contributed by atoms with van der Waals surface area (Å²) in [7, 11) is -2.16. The third-order valence-corrected chi connectivity index (χ3v) is 4.14. The lowest BCUT2D eigenvalue weighted by Crippen LogP contribution is -2.56. The highest BCUT2D eigenvalue weighted by atomic mass is 32.2. The minimum Gasteiger partial charge on any atom is -0.465 e. The van der Waals surface area contributed by atoms with Crippen molar-refractivity contribution in [1.82, 2.24) is 4.72 Å². The van der Waals surface area contributed by atoms with E-state index >= 15 is 0 Å². The van der Waals surface area contributed by atoms with Crippen molar-refractivity contribution in [3.05, 3.63) is 0 Å². The average Bonchev–Trinajstić information content (AvgIpc) is 2.36. The first kappa shape index (κ1) is 21.8. The van der Waals surface area contributed by atoms with Crippen molar-refractivity contribution >= 4 is 22.9 Å². The average molecular weight is 361 g/mol. The van der Waals surface area contributed by atoms with Crippen molar-refractivity contribution in [2.24, 2.45) is 5.92 Å².